The summed E-state index contributed by atoms with van der Waals surface area (Å²) in [7, 11) is 1.53. The highest BCUT2D eigenvalue weighted by molar-refractivity contribution is 5.76. The Kier molecular flexibility index (Phi) is 6.72. The third-order valence-electron chi connectivity index (χ3n) is 4.36. The summed E-state index contributed by atoms with van der Waals surface area (Å²) in [5.41, 5.74) is 0.534. The van der Waals surface area contributed by atoms with Gasteiger partial charge in [-0.2, -0.15) is 0 Å². The van der Waals surface area contributed by atoms with E-state index in [0.717, 1.165) is 0 Å². The first-order valence-corrected chi connectivity index (χ1v) is 9.01. The van der Waals surface area contributed by atoms with E-state index in [1.54, 1.807) is 18.2 Å². The molecule has 9 heteroatoms. The summed E-state index contributed by atoms with van der Waals surface area (Å²) in [6, 6.07) is 7.58. The van der Waals surface area contributed by atoms with Crippen LogP contribution in [0.25, 0.3) is 0 Å². The standard InChI is InChI=1S/C19H23FN4O4/c1-27-13-15-10-18(26)24(19(22-15)23-6-8-28-9-7-23)12-17(25)21-11-14-4-2-3-5-16(14)20/h2-5,10H,6-9,11-13H2,1H3,(H,21,25). The first-order chi connectivity index (χ1) is 13.6. The average Bonchev–Trinajstić information content (AvgIpc) is 2.70. The zero-order valence-corrected chi connectivity index (χ0v) is 15.7. The number of nitrogens with one attached hydrogen (secondary N) is 1. The number of carbonyl (C=O) groups excluding carboxylic acids is 1. The second-order valence-corrected chi connectivity index (χ2v) is 6.37. The smallest absolute Gasteiger partial charge is 0.255 e. The summed E-state index contributed by atoms with van der Waals surface area (Å²) in [6.07, 6.45) is 0. The lowest BCUT2D eigenvalue weighted by Gasteiger charge is -2.29. The highest BCUT2D eigenvalue weighted by Crippen LogP contribution is 2.13. The quantitative estimate of drug-likeness (QED) is 0.749. The van der Waals surface area contributed by atoms with Crippen LogP contribution in [0.15, 0.2) is 35.1 Å². The number of hydrogen-bond donors (Lipinski definition) is 1. The van der Waals surface area contributed by atoms with Crippen molar-refractivity contribution in [3.63, 3.8) is 0 Å². The third-order valence-corrected chi connectivity index (χ3v) is 4.36. The molecule has 0 aliphatic carbocycles. The normalized spacial score (nSPS) is 14.1. The molecule has 28 heavy (non-hydrogen) atoms. The molecule has 0 spiro atoms. The molecular formula is C19H23FN4O4. The number of aromatic nitrogens is 2. The highest BCUT2D eigenvalue weighted by Gasteiger charge is 2.20. The van der Waals surface area contributed by atoms with Crippen molar-refractivity contribution in [1.82, 2.24) is 14.9 Å². The Labute approximate surface area is 161 Å². The van der Waals surface area contributed by atoms with Crippen LogP contribution in [0.3, 0.4) is 0 Å². The number of halogens is 1. The Bertz CT molecular complexity index is 880. The molecule has 1 saturated heterocycles. The molecule has 150 valence electrons. The van der Waals surface area contributed by atoms with Crippen molar-refractivity contribution in [1.29, 1.82) is 0 Å². The van der Waals surface area contributed by atoms with Crippen LogP contribution in [0, 0.1) is 5.82 Å². The zero-order chi connectivity index (χ0) is 19.9. The third kappa shape index (κ3) is 4.93. The lowest BCUT2D eigenvalue weighted by Crippen LogP contribution is -2.42. The van der Waals surface area contributed by atoms with E-state index in [-0.39, 0.29) is 31.1 Å². The van der Waals surface area contributed by atoms with Gasteiger partial charge in [-0.05, 0) is 6.07 Å². The van der Waals surface area contributed by atoms with Crippen LogP contribution in [-0.4, -0.2) is 48.9 Å². The molecular weight excluding hydrogens is 367 g/mol. The minimum atomic E-state index is -0.402. The molecule has 1 fully saturated rings. The molecule has 2 aromatic rings. The van der Waals surface area contributed by atoms with Crippen molar-refractivity contribution in [3.8, 4) is 0 Å². The minimum absolute atomic E-state index is 0.0440. The van der Waals surface area contributed by atoms with Crippen LogP contribution in [0.2, 0.25) is 0 Å². The molecule has 0 saturated carbocycles. The summed E-state index contributed by atoms with van der Waals surface area (Å²) >= 11 is 0. The van der Waals surface area contributed by atoms with Crippen LogP contribution in [0.4, 0.5) is 10.3 Å². The van der Waals surface area contributed by atoms with Crippen molar-refractivity contribution in [2.24, 2.45) is 0 Å². The summed E-state index contributed by atoms with van der Waals surface area (Å²) < 4.78 is 25.5. The van der Waals surface area contributed by atoms with E-state index >= 15 is 0 Å². The Morgan fingerprint density at radius 1 is 1.32 bits per heavy atom. The van der Waals surface area contributed by atoms with Crippen molar-refractivity contribution in [2.45, 2.75) is 19.7 Å². The molecule has 1 aliphatic rings. The molecule has 0 atom stereocenters. The van der Waals surface area contributed by atoms with Crippen molar-refractivity contribution in [3.05, 3.63) is 57.8 Å². The molecule has 8 nitrogen and oxygen atoms in total. The monoisotopic (exact) mass is 390 g/mol. The van der Waals surface area contributed by atoms with Crippen molar-refractivity contribution in [2.75, 3.05) is 38.3 Å². The topological polar surface area (TPSA) is 85.7 Å². The lowest BCUT2D eigenvalue weighted by atomic mass is 10.2. The molecule has 0 bridgehead atoms. The fraction of sp³-hybridized carbons (Fsp3) is 0.421. The van der Waals surface area contributed by atoms with Gasteiger partial charge >= 0.3 is 0 Å². The lowest BCUT2D eigenvalue weighted by molar-refractivity contribution is -0.121. The molecule has 3 rings (SSSR count). The van der Waals surface area contributed by atoms with E-state index in [1.165, 1.54) is 23.8 Å². The van der Waals surface area contributed by atoms with E-state index in [4.69, 9.17) is 9.47 Å². The number of benzene rings is 1. The van der Waals surface area contributed by atoms with Gasteiger partial charge in [-0.1, -0.05) is 18.2 Å². The van der Waals surface area contributed by atoms with E-state index in [1.807, 2.05) is 4.90 Å². The van der Waals surface area contributed by atoms with Gasteiger partial charge in [0.2, 0.25) is 11.9 Å². The Hall–Kier alpha value is -2.78. The molecule has 1 aliphatic heterocycles. The Morgan fingerprint density at radius 2 is 2.07 bits per heavy atom. The van der Waals surface area contributed by atoms with Crippen LogP contribution >= 0.6 is 0 Å². The van der Waals surface area contributed by atoms with Gasteiger partial charge in [0, 0.05) is 38.4 Å². The number of amides is 1. The number of rotatable bonds is 7. The summed E-state index contributed by atoms with van der Waals surface area (Å²) in [4.78, 5) is 31.4. The fourth-order valence-corrected chi connectivity index (χ4v) is 2.95. The molecule has 1 aromatic carbocycles. The van der Waals surface area contributed by atoms with Gasteiger partial charge in [-0.3, -0.25) is 14.2 Å². The number of anilines is 1. The summed E-state index contributed by atoms with van der Waals surface area (Å²) in [6.45, 7) is 2.21. The van der Waals surface area contributed by atoms with E-state index in [9.17, 15) is 14.0 Å². The first-order valence-electron chi connectivity index (χ1n) is 9.01. The van der Waals surface area contributed by atoms with Crippen LogP contribution in [0.5, 0.6) is 0 Å². The Balaban J connectivity index is 1.78. The predicted octanol–water partition coefficient (Wildman–Crippen LogP) is 0.682. The van der Waals surface area contributed by atoms with Gasteiger partial charge in [0.1, 0.15) is 12.4 Å². The van der Waals surface area contributed by atoms with E-state index in [0.29, 0.717) is 43.5 Å². The zero-order valence-electron chi connectivity index (χ0n) is 15.7. The second kappa shape index (κ2) is 9.43. The highest BCUT2D eigenvalue weighted by atomic mass is 19.1. The minimum Gasteiger partial charge on any atom is -0.378 e. The van der Waals surface area contributed by atoms with Crippen molar-refractivity contribution >= 4 is 11.9 Å². The van der Waals surface area contributed by atoms with Gasteiger partial charge in [-0.15, -0.1) is 0 Å². The van der Waals surface area contributed by atoms with E-state index < -0.39 is 5.91 Å². The largest absolute Gasteiger partial charge is 0.378 e. The second-order valence-electron chi connectivity index (χ2n) is 6.37. The number of methoxy groups -OCH3 is 1. The maximum atomic E-state index is 13.7. The van der Waals surface area contributed by atoms with Gasteiger partial charge in [0.25, 0.3) is 5.56 Å². The SMILES string of the molecule is COCc1cc(=O)n(CC(=O)NCc2ccccc2F)c(N2CCOCC2)n1. The average molecular weight is 390 g/mol. The van der Waals surface area contributed by atoms with Gasteiger partial charge in [0.15, 0.2) is 0 Å². The molecule has 1 N–H and O–H groups in total. The van der Waals surface area contributed by atoms with Crippen LogP contribution < -0.4 is 15.8 Å². The summed E-state index contributed by atoms with van der Waals surface area (Å²) in [5.74, 6) is -0.385. The van der Waals surface area contributed by atoms with Gasteiger partial charge < -0.3 is 19.7 Å². The fourth-order valence-electron chi connectivity index (χ4n) is 2.95. The number of morpholine rings is 1. The number of nitrogens with zero attached hydrogens (tertiary/aromatic N) is 3. The predicted molar refractivity (Wildman–Crippen MR) is 100 cm³/mol. The van der Waals surface area contributed by atoms with Crippen LogP contribution in [-0.2, 0) is 34.0 Å². The molecule has 0 unspecified atom stereocenters. The van der Waals surface area contributed by atoms with Gasteiger partial charge in [-0.25, -0.2) is 9.37 Å². The maximum absolute atomic E-state index is 13.7. The Morgan fingerprint density at radius 3 is 2.79 bits per heavy atom. The van der Waals surface area contributed by atoms with E-state index in [2.05, 4.69) is 10.3 Å². The van der Waals surface area contributed by atoms with Crippen molar-refractivity contribution < 1.29 is 18.7 Å². The molecule has 0 radical (unpaired) electrons. The number of carbonyl (C=O) groups is 1. The number of ether oxygens (including phenoxy) is 2. The number of hydrogen-bond acceptors (Lipinski definition) is 6. The van der Waals surface area contributed by atoms with Gasteiger partial charge in [0.05, 0.1) is 25.5 Å². The maximum Gasteiger partial charge on any atom is 0.255 e. The molecule has 2 heterocycles. The van der Waals surface area contributed by atoms with Crippen LogP contribution in [0.1, 0.15) is 11.3 Å². The summed E-state index contributed by atoms with van der Waals surface area (Å²) in [5, 5.41) is 2.65. The molecule has 1 aromatic heterocycles. The molecule has 1 amide bonds. The first kappa shape index (κ1) is 20.0.